The van der Waals surface area contributed by atoms with Crippen molar-refractivity contribution < 1.29 is 4.79 Å². The monoisotopic (exact) mass is 296 g/mol. The van der Waals surface area contributed by atoms with Crippen molar-refractivity contribution in [1.29, 1.82) is 0 Å². The Bertz CT molecular complexity index is 561. The molecule has 0 saturated carbocycles. The molecule has 0 aliphatic carbocycles. The van der Waals surface area contributed by atoms with Crippen LogP contribution in [0.4, 0.5) is 0 Å². The molecule has 3 heteroatoms. The highest BCUT2D eigenvalue weighted by atomic mass is 16.1. The number of Topliss-reactive ketones (excluding diaryl/α,β-unsaturated/α-hetero) is 1. The summed E-state index contributed by atoms with van der Waals surface area (Å²) in [5.41, 5.74) is 4.06. The minimum absolute atomic E-state index is 0.153. The van der Waals surface area contributed by atoms with Crippen molar-refractivity contribution in [3.63, 3.8) is 0 Å². The van der Waals surface area contributed by atoms with Crippen LogP contribution in [-0.4, -0.2) is 15.8 Å². The molecule has 0 saturated heterocycles. The number of hydrogen-bond acceptors (Lipinski definition) is 3. The Hall–Kier alpha value is -2.03. The zero-order valence-electron chi connectivity index (χ0n) is 13.8. The number of pyridine rings is 2. The minimum Gasteiger partial charge on any atom is -0.298 e. The van der Waals surface area contributed by atoms with E-state index in [2.05, 4.69) is 23.8 Å². The number of aryl methyl sites for hydroxylation is 2. The van der Waals surface area contributed by atoms with Crippen molar-refractivity contribution in [2.24, 2.45) is 0 Å². The molecule has 0 radical (unpaired) electrons. The maximum absolute atomic E-state index is 12.7. The predicted molar refractivity (Wildman–Crippen MR) is 89.1 cm³/mol. The Morgan fingerprint density at radius 3 is 1.55 bits per heavy atom. The molecular weight excluding hydrogens is 272 g/mol. The summed E-state index contributed by atoms with van der Waals surface area (Å²) in [6, 6.07) is 8.03. The molecule has 0 fully saturated rings. The summed E-state index contributed by atoms with van der Waals surface area (Å²) in [6.07, 6.45) is 5.47. The molecule has 0 aromatic carbocycles. The van der Waals surface area contributed by atoms with Crippen molar-refractivity contribution in [1.82, 2.24) is 9.97 Å². The van der Waals surface area contributed by atoms with Crippen molar-refractivity contribution in [2.45, 2.75) is 52.4 Å². The summed E-state index contributed by atoms with van der Waals surface area (Å²) in [5.74, 6) is -0.101. The van der Waals surface area contributed by atoms with E-state index in [9.17, 15) is 4.79 Å². The van der Waals surface area contributed by atoms with Gasteiger partial charge in [-0.15, -0.1) is 0 Å². The van der Waals surface area contributed by atoms with Crippen LogP contribution < -0.4 is 0 Å². The van der Waals surface area contributed by atoms with Gasteiger partial charge in [-0.3, -0.25) is 14.8 Å². The molecule has 2 atom stereocenters. The average molecular weight is 296 g/mol. The number of nitrogens with zero attached hydrogens (tertiary/aromatic N) is 2. The summed E-state index contributed by atoms with van der Waals surface area (Å²) in [7, 11) is 0. The van der Waals surface area contributed by atoms with Gasteiger partial charge >= 0.3 is 0 Å². The quantitative estimate of drug-likeness (QED) is 0.806. The minimum atomic E-state index is -0.153. The van der Waals surface area contributed by atoms with E-state index < -0.39 is 0 Å². The van der Waals surface area contributed by atoms with E-state index in [1.165, 1.54) is 0 Å². The molecular formula is C19H24N2O. The van der Waals surface area contributed by atoms with Gasteiger partial charge in [-0.25, -0.2) is 0 Å². The van der Waals surface area contributed by atoms with E-state index >= 15 is 0 Å². The van der Waals surface area contributed by atoms with Crippen LogP contribution in [0.3, 0.4) is 0 Å². The fraction of sp³-hybridized carbons (Fsp3) is 0.421. The fourth-order valence-electron chi connectivity index (χ4n) is 2.51. The normalized spacial score (nSPS) is 13.6. The van der Waals surface area contributed by atoms with Crippen LogP contribution in [0, 0.1) is 0 Å². The zero-order chi connectivity index (χ0) is 16.1. The van der Waals surface area contributed by atoms with Gasteiger partial charge in [-0.2, -0.15) is 0 Å². The molecule has 0 spiro atoms. The first-order valence-corrected chi connectivity index (χ1v) is 8.00. The van der Waals surface area contributed by atoms with E-state index in [4.69, 9.17) is 0 Å². The molecule has 0 aliphatic rings. The smallest absolute Gasteiger partial charge is 0.147 e. The number of carbonyl (C=O) groups excluding carboxylic acids is 1. The molecule has 0 aliphatic heterocycles. The van der Waals surface area contributed by atoms with E-state index in [0.29, 0.717) is 0 Å². The van der Waals surface area contributed by atoms with Gasteiger partial charge in [0.1, 0.15) is 5.78 Å². The SMILES string of the molecule is CCc1ccc(C(C)C(=O)C(C)c2ccc(CC)nc2)cn1. The van der Waals surface area contributed by atoms with Crippen molar-refractivity contribution in [3.05, 3.63) is 59.2 Å². The first-order valence-electron chi connectivity index (χ1n) is 8.00. The Labute approximate surface area is 132 Å². The van der Waals surface area contributed by atoms with Crippen molar-refractivity contribution >= 4 is 5.78 Å². The van der Waals surface area contributed by atoms with Crippen molar-refractivity contribution in [2.75, 3.05) is 0 Å². The third kappa shape index (κ3) is 3.59. The summed E-state index contributed by atoms with van der Waals surface area (Å²) >= 11 is 0. The van der Waals surface area contributed by atoms with Gasteiger partial charge in [0.25, 0.3) is 0 Å². The second-order valence-corrected chi connectivity index (χ2v) is 5.72. The molecule has 116 valence electrons. The Kier molecular flexibility index (Phi) is 5.42. The largest absolute Gasteiger partial charge is 0.298 e. The maximum atomic E-state index is 12.7. The lowest BCUT2D eigenvalue weighted by molar-refractivity contribution is -0.121. The first-order chi connectivity index (χ1) is 10.6. The molecule has 22 heavy (non-hydrogen) atoms. The number of ketones is 1. The second kappa shape index (κ2) is 7.30. The third-order valence-corrected chi connectivity index (χ3v) is 4.27. The lowest BCUT2D eigenvalue weighted by Gasteiger charge is -2.17. The predicted octanol–water partition coefficient (Wildman–Crippen LogP) is 4.08. The van der Waals surface area contributed by atoms with Gasteiger partial charge in [0.05, 0.1) is 0 Å². The summed E-state index contributed by atoms with van der Waals surface area (Å²) < 4.78 is 0. The molecule has 0 N–H and O–H groups in total. The lowest BCUT2D eigenvalue weighted by Crippen LogP contribution is -2.17. The van der Waals surface area contributed by atoms with Crippen LogP contribution in [0.25, 0.3) is 0 Å². The Balaban J connectivity index is 2.13. The van der Waals surface area contributed by atoms with Gasteiger partial charge in [-0.05, 0) is 36.1 Å². The molecule has 3 nitrogen and oxygen atoms in total. The topological polar surface area (TPSA) is 42.9 Å². The van der Waals surface area contributed by atoms with E-state index in [1.807, 2.05) is 50.5 Å². The second-order valence-electron chi connectivity index (χ2n) is 5.72. The van der Waals surface area contributed by atoms with E-state index in [-0.39, 0.29) is 17.6 Å². The molecule has 0 bridgehead atoms. The summed E-state index contributed by atoms with van der Waals surface area (Å²) in [6.45, 7) is 8.06. The van der Waals surface area contributed by atoms with Gasteiger partial charge in [0.2, 0.25) is 0 Å². The zero-order valence-corrected chi connectivity index (χ0v) is 13.8. The van der Waals surface area contributed by atoms with Crippen molar-refractivity contribution in [3.8, 4) is 0 Å². The molecule has 2 heterocycles. The number of carbonyl (C=O) groups is 1. The van der Waals surface area contributed by atoms with Gasteiger partial charge in [-0.1, -0.05) is 39.8 Å². The molecule has 2 rings (SSSR count). The van der Waals surface area contributed by atoms with Gasteiger partial charge in [0.15, 0.2) is 0 Å². The van der Waals surface area contributed by atoms with Crippen LogP contribution in [0.2, 0.25) is 0 Å². The van der Waals surface area contributed by atoms with Crippen LogP contribution in [0.1, 0.15) is 62.0 Å². The Morgan fingerprint density at radius 2 is 1.27 bits per heavy atom. The number of aromatic nitrogens is 2. The molecule has 2 aromatic heterocycles. The first kappa shape index (κ1) is 16.3. The van der Waals surface area contributed by atoms with Crippen LogP contribution in [0.15, 0.2) is 36.7 Å². The summed E-state index contributed by atoms with van der Waals surface area (Å²) in [5, 5.41) is 0. The highest BCUT2D eigenvalue weighted by Crippen LogP contribution is 2.25. The van der Waals surface area contributed by atoms with Crippen LogP contribution >= 0.6 is 0 Å². The third-order valence-electron chi connectivity index (χ3n) is 4.27. The fourth-order valence-corrected chi connectivity index (χ4v) is 2.51. The highest BCUT2D eigenvalue weighted by molar-refractivity contribution is 5.91. The van der Waals surface area contributed by atoms with Crippen LogP contribution in [-0.2, 0) is 17.6 Å². The standard InChI is InChI=1S/C19H24N2O/c1-5-17-9-7-15(11-20-17)13(3)19(22)14(4)16-8-10-18(6-2)21-12-16/h7-14H,5-6H2,1-4H3. The average Bonchev–Trinajstić information content (AvgIpc) is 2.60. The van der Waals surface area contributed by atoms with Gasteiger partial charge < -0.3 is 0 Å². The van der Waals surface area contributed by atoms with E-state index in [1.54, 1.807) is 0 Å². The maximum Gasteiger partial charge on any atom is 0.147 e. The molecule has 2 aromatic rings. The number of hydrogen-bond donors (Lipinski definition) is 0. The molecule has 0 amide bonds. The Morgan fingerprint density at radius 1 is 0.864 bits per heavy atom. The lowest BCUT2D eigenvalue weighted by atomic mass is 9.87. The summed E-state index contributed by atoms with van der Waals surface area (Å²) in [4.78, 5) is 21.5. The highest BCUT2D eigenvalue weighted by Gasteiger charge is 2.23. The van der Waals surface area contributed by atoms with Crippen LogP contribution in [0.5, 0.6) is 0 Å². The van der Waals surface area contributed by atoms with E-state index in [0.717, 1.165) is 35.4 Å². The number of rotatable bonds is 6. The molecule has 2 unspecified atom stereocenters. The van der Waals surface area contributed by atoms with Gasteiger partial charge in [0, 0.05) is 35.6 Å².